The van der Waals surface area contributed by atoms with E-state index in [4.69, 9.17) is 16.7 Å². The molecule has 7 heteroatoms. The first-order valence-electron chi connectivity index (χ1n) is 8.33. The summed E-state index contributed by atoms with van der Waals surface area (Å²) in [6.07, 6.45) is 5.14. The van der Waals surface area contributed by atoms with E-state index in [9.17, 15) is 9.59 Å². The van der Waals surface area contributed by atoms with E-state index in [-0.39, 0.29) is 6.04 Å². The third-order valence-electron chi connectivity index (χ3n) is 4.72. The number of aromatic nitrogens is 1. The zero-order valence-corrected chi connectivity index (χ0v) is 14.4. The van der Waals surface area contributed by atoms with Gasteiger partial charge in [0.1, 0.15) is 0 Å². The second kappa shape index (κ2) is 7.70. The Morgan fingerprint density at radius 3 is 2.76 bits per heavy atom. The first-order valence-corrected chi connectivity index (χ1v) is 8.71. The lowest BCUT2D eigenvalue weighted by atomic mass is 9.85. The van der Waals surface area contributed by atoms with Gasteiger partial charge in [-0.3, -0.25) is 9.78 Å². The maximum Gasteiger partial charge on any atom is 0.404 e. The molecule has 25 heavy (non-hydrogen) atoms. The number of hydrogen-bond acceptors (Lipinski definition) is 4. The summed E-state index contributed by atoms with van der Waals surface area (Å²) in [6.45, 7) is 0.495. The van der Waals surface area contributed by atoms with Crippen LogP contribution in [-0.2, 0) is 0 Å². The van der Waals surface area contributed by atoms with Gasteiger partial charge >= 0.3 is 6.09 Å². The van der Waals surface area contributed by atoms with Gasteiger partial charge in [0.05, 0.1) is 16.8 Å². The number of halogens is 1. The van der Waals surface area contributed by atoms with Crippen LogP contribution in [-0.4, -0.2) is 35.1 Å². The molecule has 0 unspecified atom stereocenters. The van der Waals surface area contributed by atoms with Gasteiger partial charge in [0.25, 0.3) is 0 Å². The number of carbonyl (C=O) groups is 2. The second-order valence-electron chi connectivity index (χ2n) is 6.42. The van der Waals surface area contributed by atoms with Crippen molar-refractivity contribution < 1.29 is 14.7 Å². The third-order valence-corrected chi connectivity index (χ3v) is 4.96. The SMILES string of the molecule is O=Cc1cnc2ccc(Cl)cc2c1NC1CCC(CNC(=O)O)CC1. The van der Waals surface area contributed by atoms with Crippen molar-refractivity contribution in [3.05, 3.63) is 35.0 Å². The molecule has 0 saturated heterocycles. The highest BCUT2D eigenvalue weighted by Gasteiger charge is 2.23. The number of amides is 1. The molecule has 1 aromatic heterocycles. The van der Waals surface area contributed by atoms with E-state index in [1.54, 1.807) is 12.3 Å². The molecule has 2 aromatic rings. The number of rotatable bonds is 5. The van der Waals surface area contributed by atoms with E-state index < -0.39 is 6.09 Å². The van der Waals surface area contributed by atoms with Crippen LogP contribution in [0.5, 0.6) is 0 Å². The van der Waals surface area contributed by atoms with Crippen LogP contribution in [0.4, 0.5) is 10.5 Å². The predicted molar refractivity (Wildman–Crippen MR) is 97.5 cm³/mol. The molecule has 0 spiro atoms. The lowest BCUT2D eigenvalue weighted by Crippen LogP contribution is -2.33. The molecule has 0 radical (unpaired) electrons. The van der Waals surface area contributed by atoms with Crippen molar-refractivity contribution in [2.45, 2.75) is 31.7 Å². The lowest BCUT2D eigenvalue weighted by Gasteiger charge is -2.30. The van der Waals surface area contributed by atoms with Crippen LogP contribution in [0.2, 0.25) is 5.02 Å². The molecule has 1 aliphatic rings. The predicted octanol–water partition coefficient (Wildman–Crippen LogP) is 3.94. The smallest absolute Gasteiger partial charge is 0.404 e. The van der Waals surface area contributed by atoms with Crippen molar-refractivity contribution in [2.24, 2.45) is 5.92 Å². The van der Waals surface area contributed by atoms with Gasteiger partial charge in [-0.2, -0.15) is 0 Å². The van der Waals surface area contributed by atoms with E-state index >= 15 is 0 Å². The number of pyridine rings is 1. The van der Waals surface area contributed by atoms with Crippen molar-refractivity contribution in [3.63, 3.8) is 0 Å². The number of nitrogens with zero attached hydrogens (tertiary/aromatic N) is 1. The molecule has 3 N–H and O–H groups in total. The summed E-state index contributed by atoms with van der Waals surface area (Å²) in [5.74, 6) is 0.364. The normalized spacial score (nSPS) is 20.2. The van der Waals surface area contributed by atoms with Gasteiger partial charge in [0, 0.05) is 29.2 Å². The summed E-state index contributed by atoms with van der Waals surface area (Å²) in [6, 6.07) is 5.68. The van der Waals surface area contributed by atoms with Gasteiger partial charge in [-0.1, -0.05) is 11.6 Å². The summed E-state index contributed by atoms with van der Waals surface area (Å²) in [4.78, 5) is 26.3. The Morgan fingerprint density at radius 2 is 2.08 bits per heavy atom. The largest absolute Gasteiger partial charge is 0.465 e. The average molecular weight is 362 g/mol. The van der Waals surface area contributed by atoms with Gasteiger partial charge in [-0.05, 0) is 49.8 Å². The van der Waals surface area contributed by atoms with Crippen molar-refractivity contribution in [1.29, 1.82) is 0 Å². The van der Waals surface area contributed by atoms with Gasteiger partial charge in [0.15, 0.2) is 6.29 Å². The molecule has 1 amide bonds. The summed E-state index contributed by atoms with van der Waals surface area (Å²) >= 11 is 6.11. The van der Waals surface area contributed by atoms with E-state index in [0.29, 0.717) is 23.0 Å². The zero-order chi connectivity index (χ0) is 17.8. The van der Waals surface area contributed by atoms with E-state index in [1.807, 2.05) is 12.1 Å². The fraction of sp³-hybridized carbons (Fsp3) is 0.389. The van der Waals surface area contributed by atoms with Crippen molar-refractivity contribution in [3.8, 4) is 0 Å². The van der Waals surface area contributed by atoms with Crippen LogP contribution < -0.4 is 10.6 Å². The molecule has 132 valence electrons. The summed E-state index contributed by atoms with van der Waals surface area (Å²) in [5, 5.41) is 16.1. The lowest BCUT2D eigenvalue weighted by molar-refractivity contribution is 0.112. The van der Waals surface area contributed by atoms with Gasteiger partial charge in [-0.25, -0.2) is 4.79 Å². The number of carbonyl (C=O) groups excluding carboxylic acids is 1. The highest BCUT2D eigenvalue weighted by molar-refractivity contribution is 6.31. The highest BCUT2D eigenvalue weighted by Crippen LogP contribution is 2.32. The topological polar surface area (TPSA) is 91.3 Å². The second-order valence-corrected chi connectivity index (χ2v) is 6.85. The Hall–Kier alpha value is -2.34. The molecule has 1 fully saturated rings. The number of carboxylic acid groups (broad SMARTS) is 1. The number of fused-ring (bicyclic) bond motifs is 1. The Labute approximate surface area is 150 Å². The Morgan fingerprint density at radius 1 is 1.32 bits per heavy atom. The van der Waals surface area contributed by atoms with E-state index in [2.05, 4.69) is 15.6 Å². The minimum atomic E-state index is -0.976. The molecule has 0 bridgehead atoms. The van der Waals surface area contributed by atoms with Crippen LogP contribution in [0.15, 0.2) is 24.4 Å². The summed E-state index contributed by atoms with van der Waals surface area (Å²) in [5.41, 5.74) is 2.08. The number of benzene rings is 1. The number of hydrogen-bond donors (Lipinski definition) is 3. The molecular formula is C18H20ClN3O3. The fourth-order valence-electron chi connectivity index (χ4n) is 3.38. The fourth-order valence-corrected chi connectivity index (χ4v) is 3.55. The molecule has 1 aromatic carbocycles. The monoisotopic (exact) mass is 361 g/mol. The maximum atomic E-state index is 11.4. The van der Waals surface area contributed by atoms with Crippen molar-refractivity contribution in [2.75, 3.05) is 11.9 Å². The minimum absolute atomic E-state index is 0.240. The summed E-state index contributed by atoms with van der Waals surface area (Å²) < 4.78 is 0. The highest BCUT2D eigenvalue weighted by atomic mass is 35.5. The quantitative estimate of drug-likeness (QED) is 0.701. The molecule has 1 heterocycles. The average Bonchev–Trinajstić information content (AvgIpc) is 2.61. The standard InChI is InChI=1S/C18H20ClN3O3/c19-13-3-6-16-15(7-13)17(12(10-23)9-20-16)22-14-4-1-11(2-5-14)8-21-18(24)25/h3,6-7,9-11,14,21H,1-2,4-5,8H2,(H,20,22)(H,24,25). The molecule has 1 aliphatic carbocycles. The molecular weight excluding hydrogens is 342 g/mol. The maximum absolute atomic E-state index is 11.4. The van der Waals surface area contributed by atoms with Crippen molar-refractivity contribution >= 4 is 40.6 Å². The van der Waals surface area contributed by atoms with Gasteiger partial charge < -0.3 is 15.7 Å². The number of nitrogens with one attached hydrogen (secondary N) is 2. The first-order chi connectivity index (χ1) is 12.1. The summed E-state index contributed by atoms with van der Waals surface area (Å²) in [7, 11) is 0. The zero-order valence-electron chi connectivity index (χ0n) is 13.7. The van der Waals surface area contributed by atoms with Crippen LogP contribution in [0.1, 0.15) is 36.0 Å². The van der Waals surface area contributed by atoms with Crippen molar-refractivity contribution in [1.82, 2.24) is 10.3 Å². The van der Waals surface area contributed by atoms with Gasteiger partial charge in [0.2, 0.25) is 0 Å². The molecule has 0 atom stereocenters. The Balaban J connectivity index is 1.74. The van der Waals surface area contributed by atoms with Crippen LogP contribution >= 0.6 is 11.6 Å². The molecule has 1 saturated carbocycles. The minimum Gasteiger partial charge on any atom is -0.465 e. The van der Waals surface area contributed by atoms with Gasteiger partial charge in [-0.15, -0.1) is 0 Å². The number of aldehydes is 1. The Bertz CT molecular complexity index is 788. The van der Waals surface area contributed by atoms with Crippen LogP contribution in [0, 0.1) is 5.92 Å². The van der Waals surface area contributed by atoms with E-state index in [1.165, 1.54) is 0 Å². The molecule has 0 aliphatic heterocycles. The van der Waals surface area contributed by atoms with Crippen LogP contribution in [0.25, 0.3) is 10.9 Å². The Kier molecular flexibility index (Phi) is 5.38. The molecule has 6 nitrogen and oxygen atoms in total. The molecule has 3 rings (SSSR count). The first kappa shape index (κ1) is 17.5. The van der Waals surface area contributed by atoms with E-state index in [0.717, 1.165) is 48.6 Å². The van der Waals surface area contributed by atoms with Crippen LogP contribution in [0.3, 0.4) is 0 Å². The number of anilines is 1. The third kappa shape index (κ3) is 4.20.